The molecule has 3 nitrogen and oxygen atoms in total. The molecule has 0 aromatic heterocycles. The number of aromatic hydroxyl groups is 1. The molecule has 0 aliphatic heterocycles. The van der Waals surface area contributed by atoms with E-state index in [1.54, 1.807) is 12.1 Å². The first-order valence-corrected chi connectivity index (χ1v) is 8.62. The fourth-order valence-corrected chi connectivity index (χ4v) is 3.42. The molecular formula is C20H26N2O. The van der Waals surface area contributed by atoms with Gasteiger partial charge in [0, 0.05) is 24.8 Å². The number of nitrogens with one attached hydrogen (secondary N) is 2. The quantitative estimate of drug-likeness (QED) is 0.703. The molecule has 1 fully saturated rings. The van der Waals surface area contributed by atoms with Gasteiger partial charge in [-0.15, -0.1) is 0 Å². The molecule has 0 amide bonds. The molecule has 0 saturated heterocycles. The number of phenols is 1. The van der Waals surface area contributed by atoms with Crippen LogP contribution in [0.1, 0.15) is 37.2 Å². The van der Waals surface area contributed by atoms with Gasteiger partial charge in [0.05, 0.1) is 0 Å². The normalized spacial score (nSPS) is 21.0. The van der Waals surface area contributed by atoms with Gasteiger partial charge in [0.1, 0.15) is 5.75 Å². The average Bonchev–Trinajstić information content (AvgIpc) is 2.61. The SMILES string of the molecule is Oc1ccc(C2CCC(NCCNc3ccccc3)CC2)cc1. The molecule has 0 bridgehead atoms. The zero-order valence-corrected chi connectivity index (χ0v) is 13.5. The average molecular weight is 310 g/mol. The first-order valence-electron chi connectivity index (χ1n) is 8.62. The number of hydrogen-bond acceptors (Lipinski definition) is 3. The van der Waals surface area contributed by atoms with Crippen LogP contribution in [0.15, 0.2) is 54.6 Å². The molecule has 3 rings (SSSR count). The largest absolute Gasteiger partial charge is 0.508 e. The minimum absolute atomic E-state index is 0.356. The molecule has 0 spiro atoms. The lowest BCUT2D eigenvalue weighted by molar-refractivity contribution is 0.346. The molecule has 2 aromatic rings. The molecule has 1 aliphatic carbocycles. The summed E-state index contributed by atoms with van der Waals surface area (Å²) in [5.74, 6) is 1.01. The Kier molecular flexibility index (Phi) is 5.54. The van der Waals surface area contributed by atoms with Gasteiger partial charge < -0.3 is 15.7 Å². The summed E-state index contributed by atoms with van der Waals surface area (Å²) in [6.45, 7) is 1.96. The van der Waals surface area contributed by atoms with Crippen LogP contribution in [-0.2, 0) is 0 Å². The summed E-state index contributed by atoms with van der Waals surface area (Å²) < 4.78 is 0. The second kappa shape index (κ2) is 8.02. The Bertz CT molecular complexity index is 574. The van der Waals surface area contributed by atoms with Crippen molar-refractivity contribution >= 4 is 5.69 Å². The summed E-state index contributed by atoms with van der Waals surface area (Å²) in [5, 5.41) is 16.5. The molecule has 0 heterocycles. The summed E-state index contributed by atoms with van der Waals surface area (Å²) in [6.07, 6.45) is 4.93. The first-order chi connectivity index (χ1) is 11.3. The molecule has 0 radical (unpaired) electrons. The fourth-order valence-electron chi connectivity index (χ4n) is 3.42. The number of phenolic OH excluding ortho intramolecular Hbond substituents is 1. The van der Waals surface area contributed by atoms with Gasteiger partial charge in [-0.25, -0.2) is 0 Å². The van der Waals surface area contributed by atoms with Crippen molar-refractivity contribution < 1.29 is 5.11 Å². The summed E-state index contributed by atoms with van der Waals surface area (Å²) in [4.78, 5) is 0. The molecule has 23 heavy (non-hydrogen) atoms. The molecule has 0 atom stereocenters. The number of hydrogen-bond donors (Lipinski definition) is 3. The van der Waals surface area contributed by atoms with E-state index in [-0.39, 0.29) is 0 Å². The van der Waals surface area contributed by atoms with E-state index in [1.807, 2.05) is 6.07 Å². The van der Waals surface area contributed by atoms with E-state index in [2.05, 4.69) is 47.0 Å². The smallest absolute Gasteiger partial charge is 0.115 e. The predicted molar refractivity (Wildman–Crippen MR) is 96.0 cm³/mol. The summed E-state index contributed by atoms with van der Waals surface area (Å²) in [5.41, 5.74) is 2.55. The van der Waals surface area contributed by atoms with E-state index < -0.39 is 0 Å². The predicted octanol–water partition coefficient (Wildman–Crippen LogP) is 4.12. The van der Waals surface area contributed by atoms with Crippen LogP contribution in [-0.4, -0.2) is 24.2 Å². The molecule has 2 aromatic carbocycles. The van der Waals surface area contributed by atoms with Crippen LogP contribution in [0.2, 0.25) is 0 Å². The lowest BCUT2D eigenvalue weighted by Crippen LogP contribution is -2.35. The van der Waals surface area contributed by atoms with Crippen molar-refractivity contribution in [1.29, 1.82) is 0 Å². The Morgan fingerprint density at radius 1 is 0.826 bits per heavy atom. The van der Waals surface area contributed by atoms with Crippen LogP contribution in [0.25, 0.3) is 0 Å². The number of anilines is 1. The zero-order chi connectivity index (χ0) is 15.9. The topological polar surface area (TPSA) is 44.3 Å². The third-order valence-electron chi connectivity index (χ3n) is 4.75. The van der Waals surface area contributed by atoms with E-state index in [9.17, 15) is 5.11 Å². The first kappa shape index (κ1) is 15.9. The van der Waals surface area contributed by atoms with Crippen molar-refractivity contribution in [3.63, 3.8) is 0 Å². The number of benzene rings is 2. The zero-order valence-electron chi connectivity index (χ0n) is 13.5. The summed E-state index contributed by atoms with van der Waals surface area (Å²) >= 11 is 0. The highest BCUT2D eigenvalue weighted by Gasteiger charge is 2.21. The van der Waals surface area contributed by atoms with E-state index in [0.29, 0.717) is 17.7 Å². The Balaban J connectivity index is 1.35. The monoisotopic (exact) mass is 310 g/mol. The van der Waals surface area contributed by atoms with Gasteiger partial charge >= 0.3 is 0 Å². The maximum absolute atomic E-state index is 9.38. The van der Waals surface area contributed by atoms with Gasteiger partial charge in [-0.3, -0.25) is 0 Å². The van der Waals surface area contributed by atoms with E-state index in [1.165, 1.54) is 36.9 Å². The highest BCUT2D eigenvalue weighted by molar-refractivity contribution is 5.42. The van der Waals surface area contributed by atoms with E-state index in [0.717, 1.165) is 13.1 Å². The molecule has 1 aliphatic rings. The maximum atomic E-state index is 9.38. The molecule has 0 unspecified atom stereocenters. The Morgan fingerprint density at radius 2 is 1.52 bits per heavy atom. The summed E-state index contributed by atoms with van der Waals surface area (Å²) in [6, 6.07) is 18.7. The van der Waals surface area contributed by atoms with Gasteiger partial charge in [0.25, 0.3) is 0 Å². The second-order valence-corrected chi connectivity index (χ2v) is 6.39. The minimum Gasteiger partial charge on any atom is -0.508 e. The van der Waals surface area contributed by atoms with Gasteiger partial charge in [-0.2, -0.15) is 0 Å². The van der Waals surface area contributed by atoms with Crippen LogP contribution < -0.4 is 10.6 Å². The number of rotatable bonds is 6. The third-order valence-corrected chi connectivity index (χ3v) is 4.75. The van der Waals surface area contributed by atoms with Crippen molar-refractivity contribution in [2.24, 2.45) is 0 Å². The molecule has 3 N–H and O–H groups in total. The number of para-hydroxylation sites is 1. The van der Waals surface area contributed by atoms with Crippen LogP contribution >= 0.6 is 0 Å². The van der Waals surface area contributed by atoms with Crippen LogP contribution in [0.3, 0.4) is 0 Å². The second-order valence-electron chi connectivity index (χ2n) is 6.39. The van der Waals surface area contributed by atoms with Crippen molar-refractivity contribution in [3.05, 3.63) is 60.2 Å². The lowest BCUT2D eigenvalue weighted by atomic mass is 9.82. The Labute approximate surface area is 138 Å². The molecule has 1 saturated carbocycles. The molecule has 122 valence electrons. The van der Waals surface area contributed by atoms with E-state index >= 15 is 0 Å². The molecular weight excluding hydrogens is 284 g/mol. The van der Waals surface area contributed by atoms with Crippen LogP contribution in [0.4, 0.5) is 5.69 Å². The lowest BCUT2D eigenvalue weighted by Gasteiger charge is -2.29. The molecule has 3 heteroatoms. The Morgan fingerprint density at radius 3 is 2.22 bits per heavy atom. The van der Waals surface area contributed by atoms with Crippen LogP contribution in [0, 0.1) is 0 Å². The highest BCUT2D eigenvalue weighted by Crippen LogP contribution is 2.33. The van der Waals surface area contributed by atoms with Crippen molar-refractivity contribution in [2.75, 3.05) is 18.4 Å². The third kappa shape index (κ3) is 4.73. The van der Waals surface area contributed by atoms with Gasteiger partial charge in [0.2, 0.25) is 0 Å². The standard InChI is InChI=1S/C20H26N2O/c23-20-12-8-17(9-13-20)16-6-10-19(11-7-16)22-15-14-21-18-4-2-1-3-5-18/h1-5,8-9,12-13,16,19,21-23H,6-7,10-11,14-15H2. The van der Waals surface area contributed by atoms with Gasteiger partial charge in [-0.1, -0.05) is 30.3 Å². The van der Waals surface area contributed by atoms with Crippen molar-refractivity contribution in [2.45, 2.75) is 37.6 Å². The minimum atomic E-state index is 0.356. The van der Waals surface area contributed by atoms with Gasteiger partial charge in [-0.05, 0) is 61.4 Å². The summed E-state index contributed by atoms with van der Waals surface area (Å²) in [7, 11) is 0. The van der Waals surface area contributed by atoms with E-state index in [4.69, 9.17) is 0 Å². The highest BCUT2D eigenvalue weighted by atomic mass is 16.3. The van der Waals surface area contributed by atoms with Crippen LogP contribution in [0.5, 0.6) is 5.75 Å². The van der Waals surface area contributed by atoms with Gasteiger partial charge in [0.15, 0.2) is 0 Å². The Hall–Kier alpha value is -2.00. The maximum Gasteiger partial charge on any atom is 0.115 e. The fraction of sp³-hybridized carbons (Fsp3) is 0.400. The van der Waals surface area contributed by atoms with Crippen molar-refractivity contribution in [3.8, 4) is 5.75 Å². The van der Waals surface area contributed by atoms with Crippen molar-refractivity contribution in [1.82, 2.24) is 5.32 Å².